The van der Waals surface area contributed by atoms with Crippen LogP contribution in [0.5, 0.6) is 0 Å². The Morgan fingerprint density at radius 3 is 3.06 bits per heavy atom. The Balaban J connectivity index is 1.90. The highest BCUT2D eigenvalue weighted by molar-refractivity contribution is 7.91. The van der Waals surface area contributed by atoms with Crippen LogP contribution in [0, 0.1) is 5.92 Å². The van der Waals surface area contributed by atoms with Gasteiger partial charge in [0.25, 0.3) is 0 Å². The lowest BCUT2D eigenvalue weighted by atomic mass is 10.0. The molecule has 1 aliphatic heterocycles. The first-order valence-electron chi connectivity index (χ1n) is 5.83. The third kappa shape index (κ3) is 1.94. The van der Waals surface area contributed by atoms with Crippen LogP contribution in [0.25, 0.3) is 5.65 Å². The monoisotopic (exact) mass is 266 g/mol. The Hall–Kier alpha value is -1.63. The van der Waals surface area contributed by atoms with Crippen molar-refractivity contribution in [1.29, 1.82) is 0 Å². The summed E-state index contributed by atoms with van der Waals surface area (Å²) < 4.78 is 24.4. The van der Waals surface area contributed by atoms with Crippen molar-refractivity contribution < 1.29 is 8.42 Å². The quantitative estimate of drug-likeness (QED) is 0.843. The van der Waals surface area contributed by atoms with Gasteiger partial charge in [-0.25, -0.2) is 13.4 Å². The number of anilines is 1. The molecule has 3 heterocycles. The Kier molecular flexibility index (Phi) is 2.51. The van der Waals surface area contributed by atoms with Gasteiger partial charge in [0.15, 0.2) is 15.5 Å². The smallest absolute Gasteiger partial charge is 0.160 e. The molecule has 7 heteroatoms. The van der Waals surface area contributed by atoms with Crippen LogP contribution in [0.2, 0.25) is 0 Å². The highest BCUT2D eigenvalue weighted by Gasteiger charge is 2.28. The molecule has 18 heavy (non-hydrogen) atoms. The molecular formula is C11H14N4O2S. The fourth-order valence-corrected chi connectivity index (χ4v) is 4.31. The summed E-state index contributed by atoms with van der Waals surface area (Å²) >= 11 is 0. The minimum absolute atomic E-state index is 0.172. The Morgan fingerprint density at radius 1 is 1.50 bits per heavy atom. The van der Waals surface area contributed by atoms with Crippen molar-refractivity contribution in [3.8, 4) is 0 Å². The number of fused-ring (bicyclic) bond motifs is 1. The van der Waals surface area contributed by atoms with Gasteiger partial charge in [-0.1, -0.05) is 0 Å². The van der Waals surface area contributed by atoms with Gasteiger partial charge in [0.1, 0.15) is 5.82 Å². The maximum Gasteiger partial charge on any atom is 0.160 e. The number of nitrogen functional groups attached to an aromatic ring is 1. The van der Waals surface area contributed by atoms with Crippen LogP contribution in [0.1, 0.15) is 12.0 Å². The van der Waals surface area contributed by atoms with Crippen LogP contribution in [0.15, 0.2) is 18.5 Å². The highest BCUT2D eigenvalue weighted by atomic mass is 32.2. The molecule has 0 amide bonds. The number of nitrogens with zero attached hydrogens (tertiary/aromatic N) is 3. The molecule has 1 atom stereocenters. The molecule has 0 spiro atoms. The van der Waals surface area contributed by atoms with E-state index in [1.807, 2.05) is 0 Å². The van der Waals surface area contributed by atoms with Crippen molar-refractivity contribution in [1.82, 2.24) is 14.6 Å². The number of rotatable bonds is 2. The summed E-state index contributed by atoms with van der Waals surface area (Å²) in [6, 6.07) is 1.68. The fraction of sp³-hybridized carbons (Fsp3) is 0.455. The zero-order valence-corrected chi connectivity index (χ0v) is 10.6. The summed E-state index contributed by atoms with van der Waals surface area (Å²) in [4.78, 5) is 4.25. The molecule has 0 radical (unpaired) electrons. The second-order valence-corrected chi connectivity index (χ2v) is 6.98. The molecule has 0 aromatic carbocycles. The molecule has 1 saturated heterocycles. The Bertz CT molecular complexity index is 692. The maximum atomic E-state index is 11.4. The lowest BCUT2D eigenvalue weighted by Crippen LogP contribution is -2.07. The highest BCUT2D eigenvalue weighted by Crippen LogP contribution is 2.24. The number of hydrogen-bond donors (Lipinski definition) is 1. The van der Waals surface area contributed by atoms with E-state index < -0.39 is 9.84 Å². The van der Waals surface area contributed by atoms with Crippen molar-refractivity contribution in [2.24, 2.45) is 5.92 Å². The van der Waals surface area contributed by atoms with Crippen molar-refractivity contribution in [2.45, 2.75) is 12.8 Å². The van der Waals surface area contributed by atoms with Gasteiger partial charge in [0.2, 0.25) is 0 Å². The first-order valence-corrected chi connectivity index (χ1v) is 7.65. The van der Waals surface area contributed by atoms with Crippen LogP contribution < -0.4 is 5.73 Å². The van der Waals surface area contributed by atoms with Gasteiger partial charge >= 0.3 is 0 Å². The number of nitrogens with two attached hydrogens (primary N) is 1. The molecule has 6 nitrogen and oxygen atoms in total. The molecule has 0 saturated carbocycles. The van der Waals surface area contributed by atoms with Crippen LogP contribution in [-0.4, -0.2) is 34.5 Å². The predicted molar refractivity (Wildman–Crippen MR) is 67.9 cm³/mol. The standard InChI is InChI=1S/C11H14N4O2S/c12-10-1-3-13-11-9(6-14-15(10)11)5-8-2-4-18(16,17)7-8/h1,3,6,8H,2,4-5,7,12H2. The van der Waals surface area contributed by atoms with E-state index in [2.05, 4.69) is 10.1 Å². The number of hydrogen-bond acceptors (Lipinski definition) is 5. The van der Waals surface area contributed by atoms with E-state index in [4.69, 9.17) is 5.73 Å². The topological polar surface area (TPSA) is 90.3 Å². The third-order valence-corrected chi connectivity index (χ3v) is 5.18. The Morgan fingerprint density at radius 2 is 2.33 bits per heavy atom. The van der Waals surface area contributed by atoms with Gasteiger partial charge in [-0.2, -0.15) is 9.61 Å². The zero-order valence-electron chi connectivity index (χ0n) is 9.78. The summed E-state index contributed by atoms with van der Waals surface area (Å²) in [6.07, 6.45) is 4.78. The molecule has 1 aliphatic rings. The van der Waals surface area contributed by atoms with Crippen LogP contribution in [0.3, 0.4) is 0 Å². The van der Waals surface area contributed by atoms with E-state index in [1.165, 1.54) is 0 Å². The summed E-state index contributed by atoms with van der Waals surface area (Å²) in [7, 11) is -2.83. The van der Waals surface area contributed by atoms with Gasteiger partial charge in [0, 0.05) is 11.8 Å². The molecule has 0 bridgehead atoms. The molecule has 1 unspecified atom stereocenters. The Labute approximate surface area is 105 Å². The van der Waals surface area contributed by atoms with E-state index in [1.54, 1.807) is 23.0 Å². The molecule has 1 fully saturated rings. The lowest BCUT2D eigenvalue weighted by Gasteiger charge is -2.05. The van der Waals surface area contributed by atoms with E-state index >= 15 is 0 Å². The molecular weight excluding hydrogens is 252 g/mol. The number of aromatic nitrogens is 3. The van der Waals surface area contributed by atoms with Gasteiger partial charge in [-0.3, -0.25) is 0 Å². The summed E-state index contributed by atoms with van der Waals surface area (Å²) in [5, 5.41) is 4.18. The van der Waals surface area contributed by atoms with Crippen molar-refractivity contribution in [3.63, 3.8) is 0 Å². The van der Waals surface area contributed by atoms with Gasteiger partial charge in [-0.05, 0) is 24.8 Å². The minimum Gasteiger partial charge on any atom is -0.384 e. The minimum atomic E-state index is -2.83. The van der Waals surface area contributed by atoms with Crippen LogP contribution in [0.4, 0.5) is 5.82 Å². The maximum absolute atomic E-state index is 11.4. The van der Waals surface area contributed by atoms with Crippen LogP contribution >= 0.6 is 0 Å². The molecule has 2 N–H and O–H groups in total. The summed E-state index contributed by atoms with van der Waals surface area (Å²) in [6.45, 7) is 0. The summed E-state index contributed by atoms with van der Waals surface area (Å²) in [5.74, 6) is 1.27. The van der Waals surface area contributed by atoms with Crippen molar-refractivity contribution >= 4 is 21.3 Å². The van der Waals surface area contributed by atoms with E-state index in [9.17, 15) is 8.42 Å². The SMILES string of the molecule is Nc1ccnc2c(CC3CCS(=O)(=O)C3)cnn12. The van der Waals surface area contributed by atoms with E-state index in [0.717, 1.165) is 17.6 Å². The largest absolute Gasteiger partial charge is 0.384 e. The van der Waals surface area contributed by atoms with Gasteiger partial charge in [-0.15, -0.1) is 0 Å². The normalized spacial score (nSPS) is 22.6. The van der Waals surface area contributed by atoms with Gasteiger partial charge in [0.05, 0.1) is 17.7 Å². The lowest BCUT2D eigenvalue weighted by molar-refractivity contribution is 0.584. The first kappa shape index (κ1) is 11.5. The fourth-order valence-electron chi connectivity index (χ4n) is 2.45. The first-order chi connectivity index (χ1) is 8.55. The molecule has 3 rings (SSSR count). The second kappa shape index (κ2) is 3.94. The average molecular weight is 266 g/mol. The molecule has 0 aliphatic carbocycles. The second-order valence-electron chi connectivity index (χ2n) is 4.75. The van der Waals surface area contributed by atoms with Crippen molar-refractivity contribution in [3.05, 3.63) is 24.0 Å². The molecule has 2 aromatic rings. The van der Waals surface area contributed by atoms with E-state index in [-0.39, 0.29) is 11.7 Å². The number of sulfone groups is 1. The van der Waals surface area contributed by atoms with Crippen molar-refractivity contribution in [2.75, 3.05) is 17.2 Å². The van der Waals surface area contributed by atoms with Crippen LogP contribution in [-0.2, 0) is 16.3 Å². The predicted octanol–water partition coefficient (Wildman–Crippen LogP) is 0.289. The summed E-state index contributed by atoms with van der Waals surface area (Å²) in [5.41, 5.74) is 7.47. The average Bonchev–Trinajstić information content (AvgIpc) is 2.85. The molecule has 96 valence electrons. The zero-order chi connectivity index (χ0) is 12.8. The molecule has 2 aromatic heterocycles. The van der Waals surface area contributed by atoms with E-state index in [0.29, 0.717) is 18.0 Å². The van der Waals surface area contributed by atoms with Gasteiger partial charge < -0.3 is 5.73 Å². The third-order valence-electron chi connectivity index (χ3n) is 3.34.